The van der Waals surface area contributed by atoms with E-state index in [-0.39, 0.29) is 22.4 Å². The smallest absolute Gasteiger partial charge is 0.264 e. The number of sulfone groups is 1. The Labute approximate surface area is 197 Å². The van der Waals surface area contributed by atoms with Gasteiger partial charge in [-0.25, -0.2) is 8.42 Å². The summed E-state index contributed by atoms with van der Waals surface area (Å²) in [6.45, 7) is 3.30. The number of hydrogen-bond donors (Lipinski definition) is 1. The van der Waals surface area contributed by atoms with E-state index in [1.54, 1.807) is 19.1 Å². The van der Waals surface area contributed by atoms with Crippen molar-refractivity contribution in [1.29, 1.82) is 5.26 Å². The number of fused-ring (bicyclic) bond motifs is 1. The third-order valence-electron chi connectivity index (χ3n) is 5.15. The number of amides is 3. The van der Waals surface area contributed by atoms with Gasteiger partial charge >= 0.3 is 0 Å². The number of carbonyl (C=O) groups excluding carboxylic acids is 3. The van der Waals surface area contributed by atoms with Crippen molar-refractivity contribution in [3.8, 4) is 17.6 Å². The first-order valence-corrected chi connectivity index (χ1v) is 12.3. The molecule has 2 aromatic rings. The van der Waals surface area contributed by atoms with E-state index < -0.39 is 39.4 Å². The number of rotatable bonds is 8. The van der Waals surface area contributed by atoms with Crippen LogP contribution in [0.3, 0.4) is 0 Å². The van der Waals surface area contributed by atoms with Crippen LogP contribution in [0.5, 0.6) is 11.5 Å². The maximum absolute atomic E-state index is 13.5. The van der Waals surface area contributed by atoms with Gasteiger partial charge < -0.3 is 14.8 Å². The molecule has 0 aliphatic carbocycles. The van der Waals surface area contributed by atoms with Crippen molar-refractivity contribution in [2.24, 2.45) is 0 Å². The Hall–Kier alpha value is -3.91. The van der Waals surface area contributed by atoms with Crippen LogP contribution in [0.15, 0.2) is 30.3 Å². The van der Waals surface area contributed by atoms with Crippen molar-refractivity contribution in [2.75, 3.05) is 31.0 Å². The average molecular weight is 486 g/mol. The molecule has 3 rings (SSSR count). The van der Waals surface area contributed by atoms with E-state index in [9.17, 15) is 28.1 Å². The van der Waals surface area contributed by atoms with E-state index in [0.717, 1.165) is 11.2 Å². The lowest BCUT2D eigenvalue weighted by Gasteiger charge is -2.27. The minimum atomic E-state index is -3.68. The van der Waals surface area contributed by atoms with E-state index in [1.165, 1.54) is 32.2 Å². The van der Waals surface area contributed by atoms with Gasteiger partial charge in [0.2, 0.25) is 5.91 Å². The van der Waals surface area contributed by atoms with Crippen LogP contribution in [0.2, 0.25) is 0 Å². The third kappa shape index (κ3) is 4.72. The highest BCUT2D eigenvalue weighted by Gasteiger charge is 2.45. The van der Waals surface area contributed by atoms with E-state index in [0.29, 0.717) is 23.7 Å². The van der Waals surface area contributed by atoms with Crippen molar-refractivity contribution in [3.63, 3.8) is 0 Å². The van der Waals surface area contributed by atoms with Crippen LogP contribution in [-0.2, 0) is 14.6 Å². The fraction of sp³-hybridized carbons (Fsp3) is 0.304. The number of nitrogens with zero attached hydrogens (tertiary/aromatic N) is 2. The molecule has 3 amide bonds. The molecule has 1 heterocycles. The standard InChI is InChI=1S/C23H23N3O7S/c1-5-33-19-10-14(7-9-18(19)32-3)17(12-34(4,30)31)26-22(28)20-15(11-24)6-8-16(25-13(2)27)21(20)23(26)29/h6-10,17H,5,12H2,1-4H3,(H,25,27). The Morgan fingerprint density at radius 2 is 1.82 bits per heavy atom. The Bertz CT molecular complexity index is 1330. The Morgan fingerprint density at radius 1 is 1.15 bits per heavy atom. The first kappa shape index (κ1) is 24.7. The molecule has 34 heavy (non-hydrogen) atoms. The number of nitriles is 1. The number of benzene rings is 2. The highest BCUT2D eigenvalue weighted by molar-refractivity contribution is 7.90. The number of anilines is 1. The molecule has 178 valence electrons. The minimum absolute atomic E-state index is 0.0604. The van der Waals surface area contributed by atoms with Gasteiger partial charge in [0.1, 0.15) is 9.84 Å². The summed E-state index contributed by atoms with van der Waals surface area (Å²) in [6, 6.07) is 7.96. The molecule has 0 radical (unpaired) electrons. The zero-order valence-corrected chi connectivity index (χ0v) is 19.9. The topological polar surface area (TPSA) is 143 Å². The normalized spacial score (nSPS) is 13.8. The van der Waals surface area contributed by atoms with Gasteiger partial charge in [-0.2, -0.15) is 5.26 Å². The van der Waals surface area contributed by atoms with Crippen LogP contribution in [-0.4, -0.2) is 56.8 Å². The molecular formula is C23H23N3O7S. The van der Waals surface area contributed by atoms with Crippen LogP contribution in [0.1, 0.15) is 51.7 Å². The molecule has 0 fully saturated rings. The molecular weight excluding hydrogens is 462 g/mol. The van der Waals surface area contributed by atoms with E-state index in [4.69, 9.17) is 9.47 Å². The van der Waals surface area contributed by atoms with Crippen LogP contribution in [0.4, 0.5) is 5.69 Å². The largest absolute Gasteiger partial charge is 0.493 e. The van der Waals surface area contributed by atoms with Gasteiger partial charge in [-0.15, -0.1) is 0 Å². The van der Waals surface area contributed by atoms with Crippen LogP contribution < -0.4 is 14.8 Å². The number of carbonyl (C=O) groups is 3. The molecule has 1 aliphatic heterocycles. The number of hydrogen-bond acceptors (Lipinski definition) is 8. The summed E-state index contributed by atoms with van der Waals surface area (Å²) in [5.41, 5.74) is -0.0196. The Morgan fingerprint density at radius 3 is 2.38 bits per heavy atom. The lowest BCUT2D eigenvalue weighted by molar-refractivity contribution is -0.114. The fourth-order valence-electron chi connectivity index (χ4n) is 3.83. The molecule has 0 spiro atoms. The maximum Gasteiger partial charge on any atom is 0.264 e. The van der Waals surface area contributed by atoms with Gasteiger partial charge in [-0.1, -0.05) is 6.07 Å². The average Bonchev–Trinajstić information content (AvgIpc) is 3.02. The second kappa shape index (κ2) is 9.52. The molecule has 0 saturated heterocycles. The summed E-state index contributed by atoms with van der Waals surface area (Å²) in [4.78, 5) is 39.4. The number of methoxy groups -OCH3 is 1. The highest BCUT2D eigenvalue weighted by Crippen LogP contribution is 2.39. The predicted molar refractivity (Wildman–Crippen MR) is 123 cm³/mol. The van der Waals surface area contributed by atoms with Gasteiger partial charge in [-0.05, 0) is 36.8 Å². The Kier molecular flexibility index (Phi) is 6.93. The van der Waals surface area contributed by atoms with Crippen LogP contribution in [0, 0.1) is 11.3 Å². The van der Waals surface area contributed by atoms with Crippen molar-refractivity contribution in [3.05, 3.63) is 52.6 Å². The lowest BCUT2D eigenvalue weighted by Crippen LogP contribution is -2.38. The summed E-state index contributed by atoms with van der Waals surface area (Å²) >= 11 is 0. The molecule has 2 aromatic carbocycles. The van der Waals surface area contributed by atoms with E-state index in [2.05, 4.69) is 5.32 Å². The second-order valence-corrected chi connectivity index (χ2v) is 9.82. The molecule has 1 atom stereocenters. The second-order valence-electron chi connectivity index (χ2n) is 7.64. The van der Waals surface area contributed by atoms with Crippen molar-refractivity contribution in [1.82, 2.24) is 4.90 Å². The van der Waals surface area contributed by atoms with Gasteiger partial charge in [0.15, 0.2) is 11.5 Å². The zero-order chi connectivity index (χ0) is 25.2. The maximum atomic E-state index is 13.5. The van der Waals surface area contributed by atoms with Crippen molar-refractivity contribution < 1.29 is 32.3 Å². The minimum Gasteiger partial charge on any atom is -0.493 e. The van der Waals surface area contributed by atoms with E-state index >= 15 is 0 Å². The Balaban J connectivity index is 2.21. The summed E-state index contributed by atoms with van der Waals surface area (Å²) in [5, 5.41) is 12.0. The monoisotopic (exact) mass is 485 g/mol. The molecule has 0 bridgehead atoms. The van der Waals surface area contributed by atoms with Crippen LogP contribution in [0.25, 0.3) is 0 Å². The van der Waals surface area contributed by atoms with Crippen LogP contribution >= 0.6 is 0 Å². The third-order valence-corrected chi connectivity index (χ3v) is 6.07. The number of ether oxygens (including phenoxy) is 2. The zero-order valence-electron chi connectivity index (χ0n) is 19.0. The summed E-state index contributed by atoms with van der Waals surface area (Å²) in [6.07, 6.45) is 0.995. The molecule has 1 unspecified atom stereocenters. The van der Waals surface area contributed by atoms with Gasteiger partial charge in [0, 0.05) is 13.2 Å². The lowest BCUT2D eigenvalue weighted by atomic mass is 10.0. The quantitative estimate of drug-likeness (QED) is 0.561. The highest BCUT2D eigenvalue weighted by atomic mass is 32.2. The molecule has 0 aromatic heterocycles. The van der Waals surface area contributed by atoms with Gasteiger partial charge in [0.05, 0.1) is 54.0 Å². The number of imide groups is 1. The fourth-order valence-corrected chi connectivity index (χ4v) is 4.74. The van der Waals surface area contributed by atoms with Gasteiger partial charge in [0.25, 0.3) is 11.8 Å². The SMILES string of the molecule is CCOc1cc(C(CS(C)(=O)=O)N2C(=O)c3c(C#N)ccc(NC(C)=O)c3C2=O)ccc1OC. The van der Waals surface area contributed by atoms with Crippen molar-refractivity contribution >= 4 is 33.2 Å². The molecule has 10 nitrogen and oxygen atoms in total. The first-order valence-electron chi connectivity index (χ1n) is 10.2. The molecule has 0 saturated carbocycles. The summed E-state index contributed by atoms with van der Waals surface area (Å²) in [5.74, 6) is -1.97. The van der Waals surface area contributed by atoms with E-state index in [1.807, 2.05) is 6.07 Å². The molecule has 11 heteroatoms. The predicted octanol–water partition coefficient (Wildman–Crippen LogP) is 2.31. The molecule has 1 N–H and O–H groups in total. The molecule has 1 aliphatic rings. The number of nitrogens with one attached hydrogen (secondary N) is 1. The summed E-state index contributed by atoms with van der Waals surface area (Å²) in [7, 11) is -2.23. The first-order chi connectivity index (χ1) is 16.0. The van der Waals surface area contributed by atoms with Crippen molar-refractivity contribution in [2.45, 2.75) is 19.9 Å². The summed E-state index contributed by atoms with van der Waals surface area (Å²) < 4.78 is 35.5. The van der Waals surface area contributed by atoms with Gasteiger partial charge in [-0.3, -0.25) is 19.3 Å².